The molecule has 2 unspecified atom stereocenters. The summed E-state index contributed by atoms with van der Waals surface area (Å²) < 4.78 is 28.0. The van der Waals surface area contributed by atoms with Crippen LogP contribution < -0.4 is 5.32 Å². The molecule has 2 rings (SSSR count). The van der Waals surface area contributed by atoms with E-state index in [1.165, 1.54) is 0 Å². The molecule has 0 spiro atoms. The molecule has 21 heavy (non-hydrogen) atoms. The fourth-order valence-corrected chi connectivity index (χ4v) is 5.17. The molecular weight excluding hydrogens is 352 g/mol. The van der Waals surface area contributed by atoms with Crippen molar-refractivity contribution in [2.45, 2.75) is 31.7 Å². The third-order valence-electron chi connectivity index (χ3n) is 4.29. The molecule has 1 heterocycles. The molecule has 1 aliphatic heterocycles. The Balaban J connectivity index is 2.33. The molecule has 0 radical (unpaired) electrons. The Morgan fingerprint density at radius 2 is 2.05 bits per heavy atom. The number of hydrogen-bond donors (Lipinski definition) is 1. The first-order chi connectivity index (χ1) is 9.86. The highest BCUT2D eigenvalue weighted by Gasteiger charge is 2.32. The second-order valence-electron chi connectivity index (χ2n) is 5.90. The zero-order valence-electron chi connectivity index (χ0n) is 12.8. The molecule has 0 amide bonds. The van der Waals surface area contributed by atoms with Gasteiger partial charge in [0.05, 0.1) is 4.90 Å². The van der Waals surface area contributed by atoms with Crippen LogP contribution in [0.3, 0.4) is 0 Å². The van der Waals surface area contributed by atoms with Gasteiger partial charge in [0.1, 0.15) is 0 Å². The number of benzene rings is 1. The van der Waals surface area contributed by atoms with E-state index in [0.29, 0.717) is 40.8 Å². The van der Waals surface area contributed by atoms with Gasteiger partial charge in [-0.05, 0) is 58.9 Å². The first-order valence-electron chi connectivity index (χ1n) is 7.29. The van der Waals surface area contributed by atoms with Crippen LogP contribution in [0.15, 0.2) is 27.6 Å². The van der Waals surface area contributed by atoms with Crippen LogP contribution in [0.2, 0.25) is 0 Å². The van der Waals surface area contributed by atoms with Gasteiger partial charge in [0, 0.05) is 24.1 Å². The van der Waals surface area contributed by atoms with Crippen molar-refractivity contribution in [3.8, 4) is 0 Å². The minimum Gasteiger partial charge on any atom is -0.316 e. The third-order valence-corrected chi connectivity index (χ3v) is 7.15. The number of halogens is 1. The molecule has 6 heteroatoms. The summed E-state index contributed by atoms with van der Waals surface area (Å²) in [5, 5.41) is 3.05. The van der Waals surface area contributed by atoms with Gasteiger partial charge in [-0.15, -0.1) is 0 Å². The van der Waals surface area contributed by atoms with Crippen molar-refractivity contribution >= 4 is 26.0 Å². The monoisotopic (exact) mass is 374 g/mol. The van der Waals surface area contributed by atoms with Crippen molar-refractivity contribution < 1.29 is 8.42 Å². The molecule has 1 saturated heterocycles. The molecule has 0 saturated carbocycles. The molecule has 1 fully saturated rings. The lowest BCUT2D eigenvalue weighted by atomic mass is 9.90. The smallest absolute Gasteiger partial charge is 0.244 e. The van der Waals surface area contributed by atoms with Crippen molar-refractivity contribution in [1.82, 2.24) is 9.62 Å². The summed E-state index contributed by atoms with van der Waals surface area (Å²) in [7, 11) is -1.58. The minimum atomic E-state index is -3.43. The van der Waals surface area contributed by atoms with Gasteiger partial charge in [0.2, 0.25) is 10.0 Å². The van der Waals surface area contributed by atoms with E-state index in [4.69, 9.17) is 0 Å². The highest BCUT2D eigenvalue weighted by Crippen LogP contribution is 2.31. The topological polar surface area (TPSA) is 49.4 Å². The van der Waals surface area contributed by atoms with E-state index in [1.807, 2.05) is 19.2 Å². The van der Waals surface area contributed by atoms with Crippen LogP contribution in [0.25, 0.3) is 0 Å². The van der Waals surface area contributed by atoms with E-state index in [9.17, 15) is 8.42 Å². The number of sulfonamides is 1. The maximum atomic E-state index is 12.9. The molecule has 1 N–H and O–H groups in total. The molecule has 0 aromatic heterocycles. The summed E-state index contributed by atoms with van der Waals surface area (Å²) in [5.74, 6) is 0.975. The van der Waals surface area contributed by atoms with E-state index < -0.39 is 10.0 Å². The Bertz CT molecular complexity index is 604. The molecule has 118 valence electrons. The van der Waals surface area contributed by atoms with Crippen molar-refractivity contribution in [2.24, 2.45) is 11.8 Å². The minimum absolute atomic E-state index is 0.372. The lowest BCUT2D eigenvalue weighted by Gasteiger charge is -2.34. The molecule has 0 bridgehead atoms. The van der Waals surface area contributed by atoms with Gasteiger partial charge in [-0.2, -0.15) is 4.31 Å². The Labute approximate surface area is 136 Å². The van der Waals surface area contributed by atoms with E-state index in [1.54, 1.807) is 10.4 Å². The molecule has 1 aromatic rings. The van der Waals surface area contributed by atoms with Crippen LogP contribution in [0.1, 0.15) is 25.8 Å². The molecule has 0 aliphatic carbocycles. The summed E-state index contributed by atoms with van der Waals surface area (Å²) in [4.78, 5) is 0.372. The van der Waals surface area contributed by atoms with Gasteiger partial charge in [-0.3, -0.25) is 0 Å². The van der Waals surface area contributed by atoms with Crippen LogP contribution in [0, 0.1) is 11.8 Å². The van der Waals surface area contributed by atoms with E-state index in [-0.39, 0.29) is 0 Å². The van der Waals surface area contributed by atoms with Crippen LogP contribution >= 0.6 is 15.9 Å². The second-order valence-corrected chi connectivity index (χ2v) is 8.66. The Morgan fingerprint density at radius 3 is 2.67 bits per heavy atom. The number of hydrogen-bond acceptors (Lipinski definition) is 3. The largest absolute Gasteiger partial charge is 0.316 e. The van der Waals surface area contributed by atoms with Crippen LogP contribution in [0.5, 0.6) is 0 Å². The summed E-state index contributed by atoms with van der Waals surface area (Å²) in [5.41, 5.74) is 0.970. The first-order valence-corrected chi connectivity index (χ1v) is 9.52. The van der Waals surface area contributed by atoms with Crippen molar-refractivity contribution in [3.05, 3.63) is 28.2 Å². The predicted octanol–water partition coefficient (Wildman–Crippen LogP) is 2.84. The maximum Gasteiger partial charge on any atom is 0.244 e. The predicted molar refractivity (Wildman–Crippen MR) is 88.6 cm³/mol. The Kier molecular flexibility index (Phi) is 5.46. The highest BCUT2D eigenvalue weighted by atomic mass is 79.9. The summed E-state index contributed by atoms with van der Waals surface area (Å²) in [6.45, 7) is 6.18. The van der Waals surface area contributed by atoms with Crippen LogP contribution in [-0.2, 0) is 16.6 Å². The van der Waals surface area contributed by atoms with Gasteiger partial charge in [-0.1, -0.05) is 19.9 Å². The van der Waals surface area contributed by atoms with Crippen molar-refractivity contribution in [1.29, 1.82) is 0 Å². The Morgan fingerprint density at radius 1 is 1.33 bits per heavy atom. The maximum absolute atomic E-state index is 12.9. The number of piperidine rings is 1. The highest BCUT2D eigenvalue weighted by molar-refractivity contribution is 9.10. The quantitative estimate of drug-likeness (QED) is 0.881. The standard InChI is InChI=1S/C15H23BrN2O2S/c1-11-6-7-18(10-12(11)2)21(19,20)15-8-13(9-17-3)4-5-14(15)16/h4-5,8,11-12,17H,6-7,9-10H2,1-3H3. The fourth-order valence-electron chi connectivity index (χ4n) is 2.64. The molecule has 1 aromatic carbocycles. The van der Waals surface area contributed by atoms with Gasteiger partial charge >= 0.3 is 0 Å². The number of nitrogens with one attached hydrogen (secondary N) is 1. The van der Waals surface area contributed by atoms with Crippen molar-refractivity contribution in [2.75, 3.05) is 20.1 Å². The molecular formula is C15H23BrN2O2S. The van der Waals surface area contributed by atoms with Crippen molar-refractivity contribution in [3.63, 3.8) is 0 Å². The van der Waals surface area contributed by atoms with E-state index in [2.05, 4.69) is 35.1 Å². The van der Waals surface area contributed by atoms with Gasteiger partial charge in [0.25, 0.3) is 0 Å². The average molecular weight is 375 g/mol. The molecule has 2 atom stereocenters. The van der Waals surface area contributed by atoms with E-state index >= 15 is 0 Å². The summed E-state index contributed by atoms with van der Waals surface area (Å²) >= 11 is 3.38. The summed E-state index contributed by atoms with van der Waals surface area (Å²) in [6, 6.07) is 5.51. The van der Waals surface area contributed by atoms with Crippen LogP contribution in [0.4, 0.5) is 0 Å². The fraction of sp³-hybridized carbons (Fsp3) is 0.600. The zero-order chi connectivity index (χ0) is 15.6. The molecule has 4 nitrogen and oxygen atoms in total. The van der Waals surface area contributed by atoms with Gasteiger partial charge in [0.15, 0.2) is 0 Å². The number of rotatable bonds is 4. The normalized spacial score (nSPS) is 24.2. The van der Waals surface area contributed by atoms with E-state index in [0.717, 1.165) is 12.0 Å². The Hall–Kier alpha value is -0.430. The van der Waals surface area contributed by atoms with Gasteiger partial charge < -0.3 is 5.32 Å². The first kappa shape index (κ1) is 16.9. The average Bonchev–Trinajstić information content (AvgIpc) is 2.44. The summed E-state index contributed by atoms with van der Waals surface area (Å²) in [6.07, 6.45) is 0.925. The second kappa shape index (κ2) is 6.77. The van der Waals surface area contributed by atoms with Crippen LogP contribution in [-0.4, -0.2) is 32.9 Å². The third kappa shape index (κ3) is 3.67. The number of nitrogens with zero attached hydrogens (tertiary/aromatic N) is 1. The SMILES string of the molecule is CNCc1ccc(Br)c(S(=O)(=O)N2CCC(C)C(C)C2)c1. The van der Waals surface area contributed by atoms with Gasteiger partial charge in [-0.25, -0.2) is 8.42 Å². The lowest BCUT2D eigenvalue weighted by Crippen LogP contribution is -2.42. The lowest BCUT2D eigenvalue weighted by molar-refractivity contribution is 0.212. The zero-order valence-corrected chi connectivity index (χ0v) is 15.2. The molecule has 1 aliphatic rings.